The number of carbonyl (C=O) groups excluding carboxylic acids is 1. The van der Waals surface area contributed by atoms with E-state index < -0.39 is 0 Å². The molecule has 1 unspecified atom stereocenters. The van der Waals surface area contributed by atoms with Crippen molar-refractivity contribution in [2.24, 2.45) is 0 Å². The Labute approximate surface area is 122 Å². The van der Waals surface area contributed by atoms with Crippen LogP contribution < -0.4 is 4.72 Å². The normalized spacial score (nSPS) is 21.1. The van der Waals surface area contributed by atoms with E-state index in [1.54, 1.807) is 11.9 Å². The van der Waals surface area contributed by atoms with Crippen LogP contribution in [0.25, 0.3) is 0 Å². The third kappa shape index (κ3) is 4.97. The van der Waals surface area contributed by atoms with Gasteiger partial charge in [-0.25, -0.2) is 0 Å². The zero-order valence-corrected chi connectivity index (χ0v) is 13.8. The smallest absolute Gasteiger partial charge is 0.229 e. The predicted octanol–water partition coefficient (Wildman–Crippen LogP) is 1.72. The van der Waals surface area contributed by atoms with Gasteiger partial charge in [-0.15, -0.1) is 0 Å². The van der Waals surface area contributed by atoms with Crippen LogP contribution in [0.4, 0.5) is 0 Å². The summed E-state index contributed by atoms with van der Waals surface area (Å²) in [5, 5.41) is 0. The van der Waals surface area contributed by atoms with Crippen LogP contribution in [-0.4, -0.2) is 66.9 Å². The van der Waals surface area contributed by atoms with Gasteiger partial charge in [0, 0.05) is 19.5 Å². The summed E-state index contributed by atoms with van der Waals surface area (Å²) in [5.41, 5.74) is 0. The molecular formula is C14H30N3OS+. The van der Waals surface area contributed by atoms with Crippen molar-refractivity contribution in [2.45, 2.75) is 39.7 Å². The topological polar surface area (TPSA) is 32.3 Å². The fourth-order valence-corrected chi connectivity index (χ4v) is 3.61. The number of hydrogen-bond acceptors (Lipinski definition) is 3. The van der Waals surface area contributed by atoms with E-state index in [-0.39, 0.29) is 5.91 Å². The van der Waals surface area contributed by atoms with E-state index in [9.17, 15) is 4.79 Å². The maximum atomic E-state index is 11.4. The van der Waals surface area contributed by atoms with Crippen LogP contribution in [0.15, 0.2) is 0 Å². The summed E-state index contributed by atoms with van der Waals surface area (Å²) in [6.07, 6.45) is 1.56. The Morgan fingerprint density at radius 3 is 2.53 bits per heavy atom. The molecule has 1 amide bonds. The maximum Gasteiger partial charge on any atom is 0.229 e. The van der Waals surface area contributed by atoms with Crippen molar-refractivity contribution < 1.29 is 9.28 Å². The summed E-state index contributed by atoms with van der Waals surface area (Å²) in [4.78, 5) is 13.9. The molecule has 0 aliphatic carbocycles. The lowest BCUT2D eigenvalue weighted by molar-refractivity contribution is -0.949. The van der Waals surface area contributed by atoms with Gasteiger partial charge in [0.25, 0.3) is 0 Å². The number of likely N-dealkylation sites (N-methyl/N-ethyl adjacent to an activating group) is 2. The van der Waals surface area contributed by atoms with Crippen molar-refractivity contribution >= 4 is 17.9 Å². The largest absolute Gasteiger partial charge is 0.319 e. The van der Waals surface area contributed by atoms with Crippen LogP contribution in [-0.2, 0) is 4.79 Å². The van der Waals surface area contributed by atoms with E-state index in [0.717, 1.165) is 12.2 Å². The van der Waals surface area contributed by atoms with Gasteiger partial charge in [0.1, 0.15) is 0 Å². The van der Waals surface area contributed by atoms with Crippen molar-refractivity contribution in [3.63, 3.8) is 0 Å². The molecule has 1 atom stereocenters. The number of hydrogen-bond donors (Lipinski definition) is 1. The van der Waals surface area contributed by atoms with Crippen LogP contribution in [0, 0.1) is 0 Å². The highest BCUT2D eigenvalue weighted by Crippen LogP contribution is 2.20. The average Bonchev–Trinajstić information content (AvgIpc) is 2.40. The number of rotatable bonds is 7. The molecule has 1 aliphatic rings. The van der Waals surface area contributed by atoms with Gasteiger partial charge in [-0.05, 0) is 39.3 Å². The molecule has 0 bridgehead atoms. The Balaban J connectivity index is 2.37. The highest BCUT2D eigenvalue weighted by Gasteiger charge is 2.35. The Morgan fingerprint density at radius 2 is 2.00 bits per heavy atom. The summed E-state index contributed by atoms with van der Waals surface area (Å²) >= 11 is 1.59. The number of piperazine rings is 1. The quantitative estimate of drug-likeness (QED) is 0.572. The first-order valence-corrected chi connectivity index (χ1v) is 8.47. The first-order valence-electron chi connectivity index (χ1n) is 7.49. The van der Waals surface area contributed by atoms with Crippen molar-refractivity contribution in [2.75, 3.05) is 45.5 Å². The average molecular weight is 288 g/mol. The van der Waals surface area contributed by atoms with E-state index in [0.29, 0.717) is 12.5 Å². The molecule has 0 aromatic heterocycles. The number of nitrogens with zero attached hydrogens (tertiary/aromatic N) is 2. The minimum Gasteiger partial charge on any atom is -0.319 e. The molecule has 0 spiro atoms. The Kier molecular flexibility index (Phi) is 7.18. The fourth-order valence-electron chi connectivity index (χ4n) is 2.71. The van der Waals surface area contributed by atoms with Gasteiger partial charge in [-0.3, -0.25) is 14.4 Å². The van der Waals surface area contributed by atoms with Crippen molar-refractivity contribution in [1.82, 2.24) is 9.62 Å². The third-order valence-electron chi connectivity index (χ3n) is 4.41. The van der Waals surface area contributed by atoms with Crippen LogP contribution in [0.2, 0.25) is 0 Å². The lowest BCUT2D eigenvalue weighted by atomic mass is 10.1. The van der Waals surface area contributed by atoms with Gasteiger partial charge in [0.2, 0.25) is 5.91 Å². The molecule has 112 valence electrons. The molecule has 0 aromatic carbocycles. The first-order chi connectivity index (χ1) is 9.04. The Bertz CT molecular complexity index is 278. The molecule has 1 N–H and O–H groups in total. The van der Waals surface area contributed by atoms with Crippen molar-refractivity contribution in [3.8, 4) is 0 Å². The Hall–Kier alpha value is -0.260. The predicted molar refractivity (Wildman–Crippen MR) is 83.0 cm³/mol. The van der Waals surface area contributed by atoms with E-state index in [1.807, 2.05) is 6.92 Å². The van der Waals surface area contributed by atoms with E-state index >= 15 is 0 Å². The molecule has 1 fully saturated rings. The van der Waals surface area contributed by atoms with Crippen LogP contribution in [0.1, 0.15) is 33.6 Å². The fraction of sp³-hybridized carbons (Fsp3) is 0.929. The SMILES string of the molecule is CCCC(=O)NSCC(C)[N+]1(CC)CCN(C)CC1. The second-order valence-corrected chi connectivity index (χ2v) is 6.55. The van der Waals surface area contributed by atoms with E-state index in [1.165, 1.54) is 37.2 Å². The molecular weight excluding hydrogens is 258 g/mol. The van der Waals surface area contributed by atoms with Gasteiger partial charge in [-0.2, -0.15) is 0 Å². The van der Waals surface area contributed by atoms with Crippen molar-refractivity contribution in [1.29, 1.82) is 0 Å². The van der Waals surface area contributed by atoms with E-state index in [4.69, 9.17) is 0 Å². The van der Waals surface area contributed by atoms with Gasteiger partial charge >= 0.3 is 0 Å². The molecule has 1 rings (SSSR count). The molecule has 19 heavy (non-hydrogen) atoms. The maximum absolute atomic E-state index is 11.4. The second-order valence-electron chi connectivity index (χ2n) is 5.72. The first kappa shape index (κ1) is 16.8. The number of carbonyl (C=O) groups is 1. The van der Waals surface area contributed by atoms with Crippen LogP contribution in [0.3, 0.4) is 0 Å². The lowest BCUT2D eigenvalue weighted by Crippen LogP contribution is -2.63. The Morgan fingerprint density at radius 1 is 1.37 bits per heavy atom. The van der Waals surface area contributed by atoms with Crippen LogP contribution >= 0.6 is 11.9 Å². The standard InChI is InChI=1S/C14H29N3OS/c1-5-7-14(18)15-19-12-13(3)17(6-2)10-8-16(4)9-11-17/h13H,5-12H2,1-4H3/p+1. The molecule has 1 saturated heterocycles. The summed E-state index contributed by atoms with van der Waals surface area (Å²) in [6.45, 7) is 12.7. The van der Waals surface area contributed by atoms with Crippen molar-refractivity contribution in [3.05, 3.63) is 0 Å². The summed E-state index contributed by atoms with van der Waals surface area (Å²) in [5.74, 6) is 1.17. The molecule has 5 heteroatoms. The van der Waals surface area contributed by atoms with Gasteiger partial charge in [0.05, 0.1) is 31.4 Å². The second kappa shape index (κ2) is 8.12. The molecule has 1 heterocycles. The zero-order chi connectivity index (χ0) is 14.3. The zero-order valence-electron chi connectivity index (χ0n) is 12.9. The van der Waals surface area contributed by atoms with Gasteiger partial charge in [-0.1, -0.05) is 6.92 Å². The molecule has 0 aromatic rings. The molecule has 0 radical (unpaired) electrons. The molecule has 1 aliphatic heterocycles. The summed E-state index contributed by atoms with van der Waals surface area (Å²) in [7, 11) is 2.20. The number of nitrogens with one attached hydrogen (secondary N) is 1. The number of quaternary nitrogens is 1. The lowest BCUT2D eigenvalue weighted by Gasteiger charge is -2.47. The minimum atomic E-state index is 0.168. The highest BCUT2D eigenvalue weighted by atomic mass is 32.2. The van der Waals surface area contributed by atoms with E-state index in [2.05, 4.69) is 30.5 Å². The molecule has 4 nitrogen and oxygen atoms in total. The minimum absolute atomic E-state index is 0.168. The third-order valence-corrected chi connectivity index (χ3v) is 5.43. The number of amides is 1. The summed E-state index contributed by atoms with van der Waals surface area (Å²) < 4.78 is 4.16. The highest BCUT2D eigenvalue weighted by molar-refractivity contribution is 7.97. The van der Waals surface area contributed by atoms with Gasteiger partial charge < -0.3 is 4.48 Å². The monoisotopic (exact) mass is 288 g/mol. The van der Waals surface area contributed by atoms with Gasteiger partial charge in [0.15, 0.2) is 0 Å². The molecule has 0 saturated carbocycles. The van der Waals surface area contributed by atoms with Crippen LogP contribution in [0.5, 0.6) is 0 Å². The summed E-state index contributed by atoms with van der Waals surface area (Å²) in [6, 6.07) is 0.602.